The topological polar surface area (TPSA) is 59.3 Å². The molecule has 0 saturated carbocycles. The maximum absolute atomic E-state index is 11.7. The van der Waals surface area contributed by atoms with Gasteiger partial charge in [-0.25, -0.2) is 10.1 Å². The Morgan fingerprint density at radius 1 is 1.24 bits per heavy atom. The summed E-state index contributed by atoms with van der Waals surface area (Å²) in [5.41, 5.74) is 4.27. The number of hydrogen-bond donors (Lipinski definition) is 1. The standard InChI is InChI=1S/C15H12N4OS/c20-15(14-7-4-8-21-14)18-16-9-12-10-17-19(11-12)13-5-2-1-3-6-13/h1-11H,(H,18,20)/b16-9-. The van der Waals surface area contributed by atoms with Crippen LogP contribution in [0.1, 0.15) is 15.2 Å². The molecule has 5 nitrogen and oxygen atoms in total. The Balaban J connectivity index is 1.65. The van der Waals surface area contributed by atoms with Crippen LogP contribution >= 0.6 is 11.3 Å². The van der Waals surface area contributed by atoms with E-state index in [2.05, 4.69) is 15.6 Å². The van der Waals surface area contributed by atoms with E-state index in [1.54, 1.807) is 23.2 Å². The van der Waals surface area contributed by atoms with Crippen LogP contribution in [0.25, 0.3) is 5.69 Å². The highest BCUT2D eigenvalue weighted by Crippen LogP contribution is 2.08. The van der Waals surface area contributed by atoms with Crippen molar-refractivity contribution in [2.75, 3.05) is 0 Å². The van der Waals surface area contributed by atoms with Gasteiger partial charge >= 0.3 is 0 Å². The molecule has 2 aromatic heterocycles. The van der Waals surface area contributed by atoms with E-state index in [-0.39, 0.29) is 5.91 Å². The molecule has 0 unspecified atom stereocenters. The van der Waals surface area contributed by atoms with E-state index < -0.39 is 0 Å². The van der Waals surface area contributed by atoms with E-state index >= 15 is 0 Å². The van der Waals surface area contributed by atoms with Crippen molar-refractivity contribution in [2.24, 2.45) is 5.10 Å². The molecule has 0 aliphatic rings. The van der Waals surface area contributed by atoms with E-state index in [1.807, 2.05) is 48.0 Å². The molecule has 0 radical (unpaired) electrons. The Hall–Kier alpha value is -2.73. The van der Waals surface area contributed by atoms with E-state index in [1.165, 1.54) is 11.3 Å². The maximum atomic E-state index is 11.7. The predicted octanol–water partition coefficient (Wildman–Crippen LogP) is 2.70. The zero-order valence-corrected chi connectivity index (χ0v) is 11.8. The molecule has 3 aromatic rings. The molecule has 0 bridgehead atoms. The molecule has 3 rings (SSSR count). The van der Waals surface area contributed by atoms with Gasteiger partial charge in [0.1, 0.15) is 0 Å². The summed E-state index contributed by atoms with van der Waals surface area (Å²) in [4.78, 5) is 12.3. The van der Waals surface area contributed by atoms with Gasteiger partial charge < -0.3 is 0 Å². The first-order chi connectivity index (χ1) is 10.3. The SMILES string of the molecule is O=C(N/N=C\c1cnn(-c2ccccc2)c1)c1cccs1. The van der Waals surface area contributed by atoms with Gasteiger partial charge in [-0.1, -0.05) is 24.3 Å². The number of hydrogen-bond acceptors (Lipinski definition) is 4. The largest absolute Gasteiger partial charge is 0.281 e. The van der Waals surface area contributed by atoms with Crippen LogP contribution in [-0.4, -0.2) is 21.9 Å². The summed E-state index contributed by atoms with van der Waals surface area (Å²) >= 11 is 1.38. The van der Waals surface area contributed by atoms with Crippen molar-refractivity contribution < 1.29 is 4.79 Å². The summed E-state index contributed by atoms with van der Waals surface area (Å²) in [6.45, 7) is 0. The molecule has 1 aromatic carbocycles. The van der Waals surface area contributed by atoms with Gasteiger partial charge in [0.05, 0.1) is 23.0 Å². The molecule has 2 heterocycles. The van der Waals surface area contributed by atoms with E-state index in [4.69, 9.17) is 0 Å². The van der Waals surface area contributed by atoms with E-state index in [0.717, 1.165) is 11.3 Å². The number of hydrazone groups is 1. The molecule has 0 saturated heterocycles. The third kappa shape index (κ3) is 3.24. The average molecular weight is 296 g/mol. The fourth-order valence-electron chi connectivity index (χ4n) is 1.75. The van der Waals surface area contributed by atoms with Gasteiger partial charge in [0.25, 0.3) is 5.91 Å². The molecule has 0 aliphatic carbocycles. The number of nitrogens with one attached hydrogen (secondary N) is 1. The lowest BCUT2D eigenvalue weighted by Crippen LogP contribution is -2.15. The lowest BCUT2D eigenvalue weighted by Gasteiger charge is -1.98. The molecule has 6 heteroatoms. The summed E-state index contributed by atoms with van der Waals surface area (Å²) in [5, 5.41) is 10.0. The first kappa shape index (κ1) is 13.3. The third-order valence-corrected chi connectivity index (χ3v) is 3.62. The fourth-order valence-corrected chi connectivity index (χ4v) is 2.37. The van der Waals surface area contributed by atoms with Crippen molar-refractivity contribution in [3.63, 3.8) is 0 Å². The number of amides is 1. The van der Waals surface area contributed by atoms with Crippen LogP contribution in [0.5, 0.6) is 0 Å². The summed E-state index contributed by atoms with van der Waals surface area (Å²) in [6.07, 6.45) is 5.10. The van der Waals surface area contributed by atoms with Crippen LogP contribution in [0.15, 0.2) is 65.3 Å². The molecular weight excluding hydrogens is 284 g/mol. The zero-order valence-electron chi connectivity index (χ0n) is 11.0. The minimum absolute atomic E-state index is 0.211. The second-order valence-electron chi connectivity index (χ2n) is 4.23. The highest BCUT2D eigenvalue weighted by molar-refractivity contribution is 7.12. The van der Waals surface area contributed by atoms with Crippen molar-refractivity contribution in [1.29, 1.82) is 0 Å². The summed E-state index contributed by atoms with van der Waals surface area (Å²) in [6, 6.07) is 13.4. The quantitative estimate of drug-likeness (QED) is 0.594. The first-order valence-electron chi connectivity index (χ1n) is 6.30. The Morgan fingerprint density at radius 2 is 2.10 bits per heavy atom. The number of para-hydroxylation sites is 1. The average Bonchev–Trinajstić information content (AvgIpc) is 3.20. The molecule has 1 amide bonds. The van der Waals surface area contributed by atoms with Crippen molar-refractivity contribution in [2.45, 2.75) is 0 Å². The van der Waals surface area contributed by atoms with Gasteiger partial charge in [0.2, 0.25) is 0 Å². The highest BCUT2D eigenvalue weighted by atomic mass is 32.1. The number of carbonyl (C=O) groups is 1. The Morgan fingerprint density at radius 3 is 2.86 bits per heavy atom. The minimum Gasteiger partial charge on any atom is -0.266 e. The van der Waals surface area contributed by atoms with E-state index in [0.29, 0.717) is 4.88 Å². The van der Waals surface area contributed by atoms with Gasteiger partial charge in [-0.05, 0) is 23.6 Å². The van der Waals surface area contributed by atoms with Crippen molar-refractivity contribution in [1.82, 2.24) is 15.2 Å². The van der Waals surface area contributed by atoms with Gasteiger partial charge in [-0.2, -0.15) is 10.2 Å². The van der Waals surface area contributed by atoms with Crippen molar-refractivity contribution in [3.05, 3.63) is 70.7 Å². The number of rotatable bonds is 4. The molecular formula is C15H12N4OS. The lowest BCUT2D eigenvalue weighted by molar-refractivity contribution is 0.0959. The summed E-state index contributed by atoms with van der Waals surface area (Å²) < 4.78 is 1.75. The van der Waals surface area contributed by atoms with E-state index in [9.17, 15) is 4.79 Å². The van der Waals surface area contributed by atoms with Crippen LogP contribution < -0.4 is 5.43 Å². The molecule has 0 spiro atoms. The number of carbonyl (C=O) groups excluding carboxylic acids is 1. The predicted molar refractivity (Wildman–Crippen MR) is 82.9 cm³/mol. The summed E-state index contributed by atoms with van der Waals surface area (Å²) in [7, 11) is 0. The monoisotopic (exact) mass is 296 g/mol. The second kappa shape index (κ2) is 6.15. The van der Waals surface area contributed by atoms with Crippen LogP contribution in [0, 0.1) is 0 Å². The van der Waals surface area contributed by atoms with Crippen LogP contribution in [0.2, 0.25) is 0 Å². The van der Waals surface area contributed by atoms with Crippen molar-refractivity contribution in [3.8, 4) is 5.69 Å². The number of thiophene rings is 1. The van der Waals surface area contributed by atoms with Crippen LogP contribution in [0.4, 0.5) is 0 Å². The molecule has 0 aliphatic heterocycles. The number of nitrogens with zero attached hydrogens (tertiary/aromatic N) is 3. The Kier molecular flexibility index (Phi) is 3.88. The van der Waals surface area contributed by atoms with Crippen LogP contribution in [0.3, 0.4) is 0 Å². The third-order valence-electron chi connectivity index (χ3n) is 2.75. The van der Waals surface area contributed by atoms with Gasteiger partial charge in [0.15, 0.2) is 0 Å². The minimum atomic E-state index is -0.211. The fraction of sp³-hybridized carbons (Fsp3) is 0. The van der Waals surface area contributed by atoms with Gasteiger partial charge in [-0.3, -0.25) is 4.79 Å². The number of benzene rings is 1. The Bertz CT molecular complexity index is 747. The Labute approximate surface area is 125 Å². The summed E-state index contributed by atoms with van der Waals surface area (Å²) in [5.74, 6) is -0.211. The van der Waals surface area contributed by atoms with Gasteiger partial charge in [0, 0.05) is 11.8 Å². The molecule has 1 N–H and O–H groups in total. The molecule has 0 atom stereocenters. The van der Waals surface area contributed by atoms with Crippen molar-refractivity contribution >= 4 is 23.5 Å². The van der Waals surface area contributed by atoms with Crippen LogP contribution in [-0.2, 0) is 0 Å². The van der Waals surface area contributed by atoms with Gasteiger partial charge in [-0.15, -0.1) is 11.3 Å². The zero-order chi connectivity index (χ0) is 14.5. The normalized spacial score (nSPS) is 10.9. The second-order valence-corrected chi connectivity index (χ2v) is 5.18. The first-order valence-corrected chi connectivity index (χ1v) is 7.18. The number of aromatic nitrogens is 2. The molecule has 0 fully saturated rings. The molecule has 104 valence electrons. The lowest BCUT2D eigenvalue weighted by atomic mass is 10.3. The molecule has 21 heavy (non-hydrogen) atoms. The smallest absolute Gasteiger partial charge is 0.266 e. The maximum Gasteiger partial charge on any atom is 0.281 e. The highest BCUT2D eigenvalue weighted by Gasteiger charge is 2.04.